The van der Waals surface area contributed by atoms with Gasteiger partial charge in [0, 0.05) is 26.1 Å². The number of likely N-dealkylation sites (tertiary alicyclic amines) is 1. The second-order valence-corrected chi connectivity index (χ2v) is 8.35. The molecule has 0 bridgehead atoms. The normalized spacial score (nSPS) is 26.2. The van der Waals surface area contributed by atoms with Crippen molar-refractivity contribution in [3.05, 3.63) is 24.4 Å². The van der Waals surface area contributed by atoms with E-state index in [1.54, 1.807) is 12.2 Å². The van der Waals surface area contributed by atoms with Crippen LogP contribution in [0.15, 0.2) is 29.4 Å². The summed E-state index contributed by atoms with van der Waals surface area (Å²) in [4.78, 5) is 17.5. The quantitative estimate of drug-likeness (QED) is 0.240. The zero-order valence-corrected chi connectivity index (χ0v) is 18.1. The number of aliphatic imine (C=N–C) groups is 1. The van der Waals surface area contributed by atoms with Gasteiger partial charge in [-0.1, -0.05) is 12.7 Å². The van der Waals surface area contributed by atoms with Crippen LogP contribution in [-0.4, -0.2) is 67.1 Å². The van der Waals surface area contributed by atoms with Crippen LogP contribution < -0.4 is 11.1 Å². The highest BCUT2D eigenvalue weighted by Gasteiger charge is 2.31. The highest BCUT2D eigenvalue weighted by molar-refractivity contribution is 8.09. The van der Waals surface area contributed by atoms with Crippen molar-refractivity contribution in [2.75, 3.05) is 32.8 Å². The second-order valence-electron chi connectivity index (χ2n) is 7.59. The number of hydrogen-bond acceptors (Lipinski definition) is 6. The second kappa shape index (κ2) is 12.3. The molecule has 0 aromatic rings. The number of carbonyl (C=O) groups excluding carboxylic acids is 1. The first kappa shape index (κ1) is 23.9. The largest absolute Gasteiger partial charge is 0.376 e. The maximum absolute atomic E-state index is 13.6. The molecule has 9 heteroatoms. The molecule has 1 amide bonds. The first-order valence-electron chi connectivity index (χ1n) is 10.1. The van der Waals surface area contributed by atoms with E-state index in [-0.39, 0.29) is 24.6 Å². The number of ether oxygens (including phenoxy) is 1. The summed E-state index contributed by atoms with van der Waals surface area (Å²) >= 11 is 1.18. The Bertz CT molecular complexity index is 611. The Labute approximate surface area is 177 Å². The summed E-state index contributed by atoms with van der Waals surface area (Å²) in [5.41, 5.74) is 6.41. The van der Waals surface area contributed by atoms with Crippen molar-refractivity contribution in [3.8, 4) is 0 Å². The van der Waals surface area contributed by atoms with E-state index in [0.29, 0.717) is 49.5 Å². The van der Waals surface area contributed by atoms with Gasteiger partial charge in [0.1, 0.15) is 6.17 Å². The lowest BCUT2D eigenvalue weighted by atomic mass is 9.83. The van der Waals surface area contributed by atoms with Crippen LogP contribution in [0.5, 0.6) is 0 Å². The Morgan fingerprint density at radius 1 is 1.52 bits per heavy atom. The SMILES string of the molecule is C=C/C=C(CN)/N=C(\SOC[C@H]1C[C@H](OC[C@H](C)NC(C)=O)C1)N1CC[C@@H](F)C1. The van der Waals surface area contributed by atoms with E-state index in [1.165, 1.54) is 19.0 Å². The van der Waals surface area contributed by atoms with Gasteiger partial charge in [-0.05, 0) is 38.2 Å². The minimum Gasteiger partial charge on any atom is -0.376 e. The molecule has 0 unspecified atom stereocenters. The summed E-state index contributed by atoms with van der Waals surface area (Å²) in [5.74, 6) is 0.378. The van der Waals surface area contributed by atoms with Crippen molar-refractivity contribution in [3.63, 3.8) is 0 Å². The standard InChI is InChI=1S/C20H33FN4O3S/c1-4-5-18(10-22)24-20(25-7-6-17(21)11-25)29-28-13-16-8-19(9-16)27-12-14(2)23-15(3)26/h4-5,14,16-17,19H,1,6-13,22H2,2-3H3,(H,23,26)/b18-5+,24-20-/t14-,16-,17+,19-/m0/s1. The average Bonchev–Trinajstić information content (AvgIpc) is 3.06. The monoisotopic (exact) mass is 428 g/mol. The van der Waals surface area contributed by atoms with Crippen molar-refractivity contribution in [1.29, 1.82) is 0 Å². The highest BCUT2D eigenvalue weighted by Crippen LogP contribution is 2.32. The van der Waals surface area contributed by atoms with Crippen LogP contribution in [0.1, 0.15) is 33.1 Å². The van der Waals surface area contributed by atoms with E-state index < -0.39 is 6.17 Å². The molecule has 1 saturated heterocycles. The number of carbonyl (C=O) groups is 1. The van der Waals surface area contributed by atoms with Crippen LogP contribution in [0.25, 0.3) is 0 Å². The molecule has 2 atom stereocenters. The van der Waals surface area contributed by atoms with Gasteiger partial charge in [0.25, 0.3) is 0 Å². The Kier molecular flexibility index (Phi) is 10.1. The molecule has 0 aromatic carbocycles. The Morgan fingerprint density at radius 2 is 2.28 bits per heavy atom. The topological polar surface area (TPSA) is 89.2 Å². The summed E-state index contributed by atoms with van der Waals surface area (Å²) in [6.07, 6.45) is 5.12. The van der Waals surface area contributed by atoms with E-state index in [2.05, 4.69) is 16.9 Å². The molecular formula is C20H33FN4O3S. The van der Waals surface area contributed by atoms with Gasteiger partial charge in [0.2, 0.25) is 5.91 Å². The molecule has 0 spiro atoms. The van der Waals surface area contributed by atoms with Crippen LogP contribution in [0, 0.1) is 5.92 Å². The minimum atomic E-state index is -0.838. The van der Waals surface area contributed by atoms with E-state index in [4.69, 9.17) is 14.7 Å². The van der Waals surface area contributed by atoms with Crippen LogP contribution in [0.3, 0.4) is 0 Å². The molecule has 2 aliphatic rings. The molecule has 2 rings (SSSR count). The molecule has 7 nitrogen and oxygen atoms in total. The number of hydrogen-bond donors (Lipinski definition) is 2. The van der Waals surface area contributed by atoms with Gasteiger partial charge in [-0.25, -0.2) is 9.38 Å². The lowest BCUT2D eigenvalue weighted by molar-refractivity contribution is -0.120. The number of allylic oxidation sites excluding steroid dienone is 2. The highest BCUT2D eigenvalue weighted by atomic mass is 32.2. The van der Waals surface area contributed by atoms with Gasteiger partial charge >= 0.3 is 0 Å². The van der Waals surface area contributed by atoms with Gasteiger partial charge in [-0.2, -0.15) is 0 Å². The fourth-order valence-electron chi connectivity index (χ4n) is 3.24. The number of amides is 1. The van der Waals surface area contributed by atoms with Gasteiger partial charge in [0.15, 0.2) is 5.17 Å². The number of alkyl halides is 1. The van der Waals surface area contributed by atoms with E-state index in [9.17, 15) is 9.18 Å². The van der Waals surface area contributed by atoms with E-state index in [0.717, 1.165) is 12.8 Å². The molecular weight excluding hydrogens is 395 g/mol. The maximum Gasteiger partial charge on any atom is 0.217 e. The first-order valence-corrected chi connectivity index (χ1v) is 10.8. The Morgan fingerprint density at radius 3 is 2.86 bits per heavy atom. The fraction of sp³-hybridized carbons (Fsp3) is 0.700. The fourth-order valence-corrected chi connectivity index (χ4v) is 4.03. The van der Waals surface area contributed by atoms with E-state index >= 15 is 0 Å². The van der Waals surface area contributed by atoms with Gasteiger partial charge in [0.05, 0.1) is 43.6 Å². The summed E-state index contributed by atoms with van der Waals surface area (Å²) in [6, 6.07) is 0.0114. The molecule has 1 aliphatic carbocycles. The molecule has 2 fully saturated rings. The zero-order valence-electron chi connectivity index (χ0n) is 17.3. The molecule has 3 N–H and O–H groups in total. The molecule has 1 saturated carbocycles. The van der Waals surface area contributed by atoms with Crippen molar-refractivity contribution >= 4 is 23.1 Å². The molecule has 0 radical (unpaired) electrons. The predicted octanol–water partition coefficient (Wildman–Crippen LogP) is 2.40. The molecule has 164 valence electrons. The van der Waals surface area contributed by atoms with Crippen LogP contribution in [-0.2, 0) is 13.7 Å². The zero-order chi connectivity index (χ0) is 21.2. The third-order valence-electron chi connectivity index (χ3n) is 4.82. The van der Waals surface area contributed by atoms with Crippen LogP contribution in [0.2, 0.25) is 0 Å². The van der Waals surface area contributed by atoms with Gasteiger partial charge < -0.3 is 24.9 Å². The Balaban J connectivity index is 1.73. The summed E-state index contributed by atoms with van der Waals surface area (Å²) in [5, 5.41) is 3.45. The summed E-state index contributed by atoms with van der Waals surface area (Å²) in [6.45, 7) is 9.42. The van der Waals surface area contributed by atoms with Gasteiger partial charge in [-0.15, -0.1) is 0 Å². The van der Waals surface area contributed by atoms with Crippen LogP contribution >= 0.6 is 12.0 Å². The smallest absolute Gasteiger partial charge is 0.217 e. The predicted molar refractivity (Wildman–Crippen MR) is 115 cm³/mol. The van der Waals surface area contributed by atoms with Crippen molar-refractivity contribution in [2.45, 2.75) is 51.4 Å². The first-order chi connectivity index (χ1) is 13.9. The number of nitrogens with two attached hydrogens (primary N) is 1. The third-order valence-corrected chi connectivity index (χ3v) is 5.57. The molecule has 1 heterocycles. The maximum atomic E-state index is 13.6. The van der Waals surface area contributed by atoms with Gasteiger partial charge in [-0.3, -0.25) is 4.79 Å². The van der Waals surface area contributed by atoms with Crippen LogP contribution in [0.4, 0.5) is 4.39 Å². The molecule has 29 heavy (non-hydrogen) atoms. The third kappa shape index (κ3) is 8.46. The lowest BCUT2D eigenvalue weighted by Crippen LogP contribution is -2.39. The number of amidine groups is 1. The van der Waals surface area contributed by atoms with Crippen molar-refractivity contribution in [1.82, 2.24) is 10.2 Å². The van der Waals surface area contributed by atoms with E-state index in [1.807, 2.05) is 11.8 Å². The average molecular weight is 429 g/mol. The number of halogens is 1. The number of nitrogens with zero attached hydrogens (tertiary/aromatic N) is 2. The Hall–Kier alpha value is -1.42. The molecule has 0 aromatic heterocycles. The summed E-state index contributed by atoms with van der Waals surface area (Å²) in [7, 11) is 0. The number of nitrogens with one attached hydrogen (secondary N) is 1. The number of rotatable bonds is 10. The summed E-state index contributed by atoms with van der Waals surface area (Å²) < 4.78 is 25.2. The van der Waals surface area contributed by atoms with Crippen molar-refractivity contribution in [2.24, 2.45) is 16.6 Å². The minimum absolute atomic E-state index is 0.0114. The van der Waals surface area contributed by atoms with Crippen molar-refractivity contribution < 1.29 is 18.1 Å². The lowest BCUT2D eigenvalue weighted by Gasteiger charge is -2.35. The molecule has 1 aliphatic heterocycles.